The summed E-state index contributed by atoms with van der Waals surface area (Å²) in [5.41, 5.74) is 0.982. The molecule has 0 fully saturated rings. The van der Waals surface area contributed by atoms with E-state index < -0.39 is 0 Å². The summed E-state index contributed by atoms with van der Waals surface area (Å²) in [5, 5.41) is 0. The van der Waals surface area contributed by atoms with Crippen molar-refractivity contribution in [1.82, 2.24) is 0 Å². The molecule has 0 unspecified atom stereocenters. The summed E-state index contributed by atoms with van der Waals surface area (Å²) in [6.07, 6.45) is 5.47. The van der Waals surface area contributed by atoms with Crippen molar-refractivity contribution in [2.45, 2.75) is 74.1 Å². The molecular formula is C14H30. The average molecular weight is 198 g/mol. The highest BCUT2D eigenvalue weighted by atomic mass is 14.3. The maximum atomic E-state index is 2.36. The third-order valence-electron chi connectivity index (χ3n) is 2.50. The van der Waals surface area contributed by atoms with E-state index in [1.165, 1.54) is 25.7 Å². The maximum Gasteiger partial charge on any atom is -0.0380 e. The van der Waals surface area contributed by atoms with Crippen LogP contribution >= 0.6 is 0 Å². The fraction of sp³-hybridized carbons (Fsp3) is 1.00. The van der Waals surface area contributed by atoms with Gasteiger partial charge in [-0.05, 0) is 29.6 Å². The monoisotopic (exact) mass is 198 g/mol. The maximum absolute atomic E-state index is 2.36. The van der Waals surface area contributed by atoms with Crippen LogP contribution in [0.3, 0.4) is 0 Å². The van der Waals surface area contributed by atoms with Crippen LogP contribution in [-0.2, 0) is 0 Å². The first kappa shape index (κ1) is 14.0. The lowest BCUT2D eigenvalue weighted by Crippen LogP contribution is -2.19. The van der Waals surface area contributed by atoms with Crippen LogP contribution in [0.4, 0.5) is 0 Å². The van der Waals surface area contributed by atoms with Gasteiger partial charge in [-0.3, -0.25) is 0 Å². The molecule has 0 spiro atoms. The molecule has 0 aromatic heterocycles. The molecule has 0 amide bonds. The molecule has 0 aliphatic carbocycles. The molecule has 0 saturated carbocycles. The lowest BCUT2D eigenvalue weighted by atomic mass is 9.75. The van der Waals surface area contributed by atoms with E-state index in [4.69, 9.17) is 0 Å². The molecule has 0 aromatic rings. The largest absolute Gasteiger partial charge is 0.0654 e. The first-order valence-corrected chi connectivity index (χ1v) is 6.14. The van der Waals surface area contributed by atoms with Crippen molar-refractivity contribution in [1.29, 1.82) is 0 Å². The number of hydrogen-bond acceptors (Lipinski definition) is 0. The predicted molar refractivity (Wildman–Crippen MR) is 66.5 cm³/mol. The molecule has 0 radical (unpaired) electrons. The van der Waals surface area contributed by atoms with Crippen LogP contribution < -0.4 is 0 Å². The Balaban J connectivity index is 4.16. The van der Waals surface area contributed by atoms with Crippen LogP contribution in [-0.4, -0.2) is 0 Å². The summed E-state index contributed by atoms with van der Waals surface area (Å²) in [7, 11) is 0. The second kappa shape index (κ2) is 5.19. The van der Waals surface area contributed by atoms with E-state index >= 15 is 0 Å². The Labute approximate surface area is 91.5 Å². The zero-order chi connectivity index (χ0) is 11.4. The van der Waals surface area contributed by atoms with E-state index in [2.05, 4.69) is 48.5 Å². The molecule has 0 nitrogen and oxygen atoms in total. The van der Waals surface area contributed by atoms with E-state index in [0.717, 1.165) is 5.92 Å². The first-order valence-electron chi connectivity index (χ1n) is 6.14. The average Bonchev–Trinajstić information content (AvgIpc) is 1.78. The SMILES string of the molecule is CCCC(CC(C)(C)C)CC(C)(C)C. The van der Waals surface area contributed by atoms with E-state index in [0.29, 0.717) is 10.8 Å². The second-order valence-electron chi connectivity index (χ2n) is 7.18. The molecule has 0 saturated heterocycles. The molecule has 0 aliphatic rings. The molecule has 0 N–H and O–H groups in total. The molecule has 0 aromatic carbocycles. The Morgan fingerprint density at radius 3 is 1.36 bits per heavy atom. The summed E-state index contributed by atoms with van der Waals surface area (Å²) < 4.78 is 0. The minimum atomic E-state index is 0.491. The Hall–Kier alpha value is 0. The van der Waals surface area contributed by atoms with Crippen LogP contribution in [0.5, 0.6) is 0 Å². The van der Waals surface area contributed by atoms with Crippen molar-refractivity contribution >= 4 is 0 Å². The molecular weight excluding hydrogens is 168 g/mol. The predicted octanol–water partition coefficient (Wildman–Crippen LogP) is 5.28. The second-order valence-corrected chi connectivity index (χ2v) is 7.18. The smallest absolute Gasteiger partial charge is 0.0380 e. The van der Waals surface area contributed by atoms with Gasteiger partial charge in [0, 0.05) is 0 Å². The summed E-state index contributed by atoms with van der Waals surface area (Å²) in [6, 6.07) is 0. The van der Waals surface area contributed by atoms with Gasteiger partial charge in [0.1, 0.15) is 0 Å². The van der Waals surface area contributed by atoms with Crippen LogP contribution in [0.2, 0.25) is 0 Å². The third-order valence-corrected chi connectivity index (χ3v) is 2.50. The molecule has 0 bridgehead atoms. The first-order chi connectivity index (χ1) is 6.14. The lowest BCUT2D eigenvalue weighted by molar-refractivity contribution is 0.209. The zero-order valence-corrected chi connectivity index (χ0v) is 11.4. The fourth-order valence-corrected chi connectivity index (χ4v) is 2.42. The Bertz CT molecular complexity index is 126. The number of hydrogen-bond donors (Lipinski definition) is 0. The summed E-state index contributed by atoms with van der Waals surface area (Å²) in [4.78, 5) is 0. The van der Waals surface area contributed by atoms with Gasteiger partial charge in [-0.1, -0.05) is 61.3 Å². The molecule has 0 rings (SSSR count). The van der Waals surface area contributed by atoms with Gasteiger partial charge in [0.25, 0.3) is 0 Å². The van der Waals surface area contributed by atoms with E-state index in [1.807, 2.05) is 0 Å². The molecule has 0 heterocycles. The van der Waals surface area contributed by atoms with E-state index in [-0.39, 0.29) is 0 Å². The van der Waals surface area contributed by atoms with Gasteiger partial charge in [-0.15, -0.1) is 0 Å². The molecule has 0 aliphatic heterocycles. The summed E-state index contributed by atoms with van der Waals surface area (Å²) in [5.74, 6) is 0.917. The normalized spacial score (nSPS) is 13.7. The number of rotatable bonds is 4. The van der Waals surface area contributed by atoms with Crippen LogP contribution in [0.1, 0.15) is 74.1 Å². The van der Waals surface area contributed by atoms with Crippen molar-refractivity contribution in [3.63, 3.8) is 0 Å². The highest BCUT2D eigenvalue weighted by Gasteiger charge is 2.22. The van der Waals surface area contributed by atoms with E-state index in [1.54, 1.807) is 0 Å². The summed E-state index contributed by atoms with van der Waals surface area (Å²) >= 11 is 0. The van der Waals surface area contributed by atoms with Crippen molar-refractivity contribution in [2.75, 3.05) is 0 Å². The van der Waals surface area contributed by atoms with Gasteiger partial charge in [-0.25, -0.2) is 0 Å². The minimum absolute atomic E-state index is 0.491. The van der Waals surface area contributed by atoms with Gasteiger partial charge in [0.15, 0.2) is 0 Å². The quantitative estimate of drug-likeness (QED) is 0.577. The standard InChI is InChI=1S/C14H30/c1-8-9-12(10-13(2,3)4)11-14(5,6)7/h12H,8-11H2,1-7H3. The van der Waals surface area contributed by atoms with Crippen LogP contribution in [0.25, 0.3) is 0 Å². The van der Waals surface area contributed by atoms with Crippen molar-refractivity contribution in [2.24, 2.45) is 16.7 Å². The van der Waals surface area contributed by atoms with Gasteiger partial charge in [-0.2, -0.15) is 0 Å². The molecule has 0 heteroatoms. The van der Waals surface area contributed by atoms with Gasteiger partial charge < -0.3 is 0 Å². The molecule has 0 atom stereocenters. The van der Waals surface area contributed by atoms with Gasteiger partial charge in [0.2, 0.25) is 0 Å². The van der Waals surface area contributed by atoms with Crippen molar-refractivity contribution in [3.8, 4) is 0 Å². The Morgan fingerprint density at radius 2 is 1.14 bits per heavy atom. The highest BCUT2D eigenvalue weighted by molar-refractivity contribution is 4.74. The fourth-order valence-electron chi connectivity index (χ4n) is 2.42. The Kier molecular flexibility index (Phi) is 5.19. The summed E-state index contributed by atoms with van der Waals surface area (Å²) in [6.45, 7) is 16.5. The molecule has 14 heavy (non-hydrogen) atoms. The Morgan fingerprint density at radius 1 is 0.786 bits per heavy atom. The lowest BCUT2D eigenvalue weighted by Gasteiger charge is -2.31. The topological polar surface area (TPSA) is 0 Å². The minimum Gasteiger partial charge on any atom is -0.0654 e. The van der Waals surface area contributed by atoms with E-state index in [9.17, 15) is 0 Å². The highest BCUT2D eigenvalue weighted by Crippen LogP contribution is 2.35. The molecule has 86 valence electrons. The van der Waals surface area contributed by atoms with Gasteiger partial charge in [0.05, 0.1) is 0 Å². The van der Waals surface area contributed by atoms with Crippen molar-refractivity contribution in [3.05, 3.63) is 0 Å². The zero-order valence-electron chi connectivity index (χ0n) is 11.4. The van der Waals surface area contributed by atoms with Gasteiger partial charge >= 0.3 is 0 Å². The third kappa shape index (κ3) is 8.59. The van der Waals surface area contributed by atoms with Crippen molar-refractivity contribution < 1.29 is 0 Å². The van der Waals surface area contributed by atoms with Crippen LogP contribution in [0.15, 0.2) is 0 Å². The van der Waals surface area contributed by atoms with Crippen LogP contribution in [0, 0.1) is 16.7 Å².